The average Bonchev–Trinajstić information content (AvgIpc) is 3.48. The Morgan fingerprint density at radius 3 is 2.80 bits per heavy atom. The van der Waals surface area contributed by atoms with Gasteiger partial charge in [-0.2, -0.15) is 5.10 Å². The van der Waals surface area contributed by atoms with Gasteiger partial charge in [0, 0.05) is 24.3 Å². The van der Waals surface area contributed by atoms with Crippen LogP contribution in [0.15, 0.2) is 36.7 Å². The second-order valence-electron chi connectivity index (χ2n) is 7.98. The number of carbonyl (C=O) groups is 2. The normalized spacial score (nSPS) is 21.7. The molecule has 1 aromatic carbocycles. The molecule has 0 radical (unpaired) electrons. The van der Waals surface area contributed by atoms with Crippen LogP contribution >= 0.6 is 0 Å². The smallest absolute Gasteiger partial charge is 0.318 e. The van der Waals surface area contributed by atoms with Gasteiger partial charge in [0.05, 0.1) is 30.6 Å². The second kappa shape index (κ2) is 8.83. The van der Waals surface area contributed by atoms with Gasteiger partial charge in [-0.05, 0) is 37.5 Å². The summed E-state index contributed by atoms with van der Waals surface area (Å²) in [5.74, 6) is -0.901. The average molecular weight is 415 g/mol. The summed E-state index contributed by atoms with van der Waals surface area (Å²) < 4.78 is 15.0. The lowest BCUT2D eigenvalue weighted by atomic mass is 10.2. The highest BCUT2D eigenvalue weighted by atomic mass is 19.1. The first-order chi connectivity index (χ1) is 14.5. The molecule has 1 aliphatic carbocycles. The largest absolute Gasteiger partial charge is 0.394 e. The molecule has 2 fully saturated rings. The molecule has 3 amide bonds. The number of urea groups is 1. The van der Waals surface area contributed by atoms with Crippen LogP contribution in [0.5, 0.6) is 0 Å². The fraction of sp³-hybridized carbons (Fsp3) is 0.476. The molecule has 1 aliphatic heterocycles. The van der Waals surface area contributed by atoms with Crippen molar-refractivity contribution in [1.82, 2.24) is 20.0 Å². The predicted octanol–water partition coefficient (Wildman–Crippen LogP) is 2.53. The summed E-state index contributed by atoms with van der Waals surface area (Å²) in [6.45, 7) is 0.321. The van der Waals surface area contributed by atoms with Gasteiger partial charge >= 0.3 is 6.03 Å². The number of anilines is 1. The molecule has 4 rings (SSSR count). The maximum Gasteiger partial charge on any atom is 0.318 e. The highest BCUT2D eigenvalue weighted by Crippen LogP contribution is 2.28. The van der Waals surface area contributed by atoms with Crippen molar-refractivity contribution in [3.8, 4) is 0 Å². The van der Waals surface area contributed by atoms with Crippen LogP contribution in [-0.4, -0.2) is 57.0 Å². The lowest BCUT2D eigenvalue weighted by Gasteiger charge is -2.25. The summed E-state index contributed by atoms with van der Waals surface area (Å²) in [5.41, 5.74) is 0.706. The van der Waals surface area contributed by atoms with Gasteiger partial charge in [0.15, 0.2) is 0 Å². The van der Waals surface area contributed by atoms with Crippen molar-refractivity contribution in [2.75, 3.05) is 18.5 Å². The lowest BCUT2D eigenvalue weighted by molar-refractivity contribution is 0.102. The third-order valence-electron chi connectivity index (χ3n) is 5.87. The van der Waals surface area contributed by atoms with E-state index in [1.165, 1.54) is 30.5 Å². The molecule has 1 saturated carbocycles. The summed E-state index contributed by atoms with van der Waals surface area (Å²) in [6.07, 6.45) is 8.05. The standard InChI is InChI=1S/C21H26FN5O3/c22-15-5-3-4-14(8-15)20(29)24-17-10-23-27(11-17)18-9-19(13-28)26(12-18)21(30)25-16-6-1-2-7-16/h3-5,8,10-11,16,18-19,28H,1-2,6-7,9,12-13H2,(H,24,29)(H,25,30)/t18-,19-/m0/s1. The first-order valence-electron chi connectivity index (χ1n) is 10.3. The Bertz CT molecular complexity index is 912. The van der Waals surface area contributed by atoms with Crippen LogP contribution in [0.25, 0.3) is 0 Å². The number of hydrogen-bond acceptors (Lipinski definition) is 4. The van der Waals surface area contributed by atoms with Gasteiger partial charge in [0.1, 0.15) is 5.82 Å². The van der Waals surface area contributed by atoms with Crippen molar-refractivity contribution >= 4 is 17.6 Å². The van der Waals surface area contributed by atoms with E-state index in [9.17, 15) is 19.1 Å². The lowest BCUT2D eigenvalue weighted by Crippen LogP contribution is -2.47. The van der Waals surface area contributed by atoms with Crippen molar-refractivity contribution in [3.63, 3.8) is 0 Å². The van der Waals surface area contributed by atoms with Gasteiger partial charge in [-0.25, -0.2) is 9.18 Å². The van der Waals surface area contributed by atoms with E-state index in [-0.39, 0.29) is 36.3 Å². The van der Waals surface area contributed by atoms with E-state index < -0.39 is 11.7 Å². The Balaban J connectivity index is 1.39. The zero-order valence-corrected chi connectivity index (χ0v) is 16.6. The SMILES string of the molecule is O=C(Nc1cnn([C@H]2C[C@@H](CO)N(C(=O)NC3CCCC3)C2)c1)c1cccc(F)c1. The van der Waals surface area contributed by atoms with Gasteiger partial charge in [0.25, 0.3) is 5.91 Å². The number of aliphatic hydroxyl groups is 1. The van der Waals surface area contributed by atoms with E-state index >= 15 is 0 Å². The van der Waals surface area contributed by atoms with E-state index in [2.05, 4.69) is 15.7 Å². The molecule has 30 heavy (non-hydrogen) atoms. The Labute approximate surface area is 174 Å². The van der Waals surface area contributed by atoms with Crippen molar-refractivity contribution in [3.05, 3.63) is 48.0 Å². The monoisotopic (exact) mass is 415 g/mol. The number of halogens is 1. The van der Waals surface area contributed by atoms with Crippen molar-refractivity contribution in [2.45, 2.75) is 50.2 Å². The van der Waals surface area contributed by atoms with Gasteiger partial charge in [-0.15, -0.1) is 0 Å². The summed E-state index contributed by atoms with van der Waals surface area (Å²) in [7, 11) is 0. The first kappa shape index (κ1) is 20.3. The Morgan fingerprint density at radius 1 is 1.27 bits per heavy atom. The van der Waals surface area contributed by atoms with Gasteiger partial charge in [0.2, 0.25) is 0 Å². The minimum Gasteiger partial charge on any atom is -0.394 e. The van der Waals surface area contributed by atoms with E-state index in [1.807, 2.05) is 0 Å². The number of rotatable bonds is 5. The molecule has 160 valence electrons. The van der Waals surface area contributed by atoms with Crippen molar-refractivity contribution < 1.29 is 19.1 Å². The van der Waals surface area contributed by atoms with E-state index in [0.29, 0.717) is 18.7 Å². The highest BCUT2D eigenvalue weighted by molar-refractivity contribution is 6.04. The van der Waals surface area contributed by atoms with Crippen LogP contribution in [0.4, 0.5) is 14.9 Å². The van der Waals surface area contributed by atoms with Gasteiger partial charge in [-0.1, -0.05) is 18.9 Å². The van der Waals surface area contributed by atoms with Crippen LogP contribution in [0.3, 0.4) is 0 Å². The number of nitrogens with zero attached hydrogens (tertiary/aromatic N) is 3. The minimum absolute atomic E-state index is 0.101. The third-order valence-corrected chi connectivity index (χ3v) is 5.87. The molecular weight excluding hydrogens is 389 g/mol. The molecule has 8 nitrogen and oxygen atoms in total. The number of likely N-dealkylation sites (tertiary alicyclic amines) is 1. The quantitative estimate of drug-likeness (QED) is 0.699. The van der Waals surface area contributed by atoms with Crippen LogP contribution in [0.1, 0.15) is 48.5 Å². The topological polar surface area (TPSA) is 99.5 Å². The third kappa shape index (κ3) is 4.46. The number of aromatic nitrogens is 2. The number of nitrogens with one attached hydrogen (secondary N) is 2. The fourth-order valence-electron chi connectivity index (χ4n) is 4.27. The Kier molecular flexibility index (Phi) is 5.98. The Morgan fingerprint density at radius 2 is 2.07 bits per heavy atom. The van der Waals surface area contributed by atoms with Crippen molar-refractivity contribution in [2.24, 2.45) is 0 Å². The summed E-state index contributed by atoms with van der Waals surface area (Å²) in [5, 5.41) is 19.8. The minimum atomic E-state index is -0.477. The number of benzene rings is 1. The summed E-state index contributed by atoms with van der Waals surface area (Å²) in [4.78, 5) is 26.6. The molecule has 1 aromatic heterocycles. The molecule has 2 heterocycles. The first-order valence-corrected chi connectivity index (χ1v) is 10.3. The molecule has 9 heteroatoms. The summed E-state index contributed by atoms with van der Waals surface area (Å²) in [6, 6.07) is 5.16. The maximum atomic E-state index is 13.3. The molecule has 0 bridgehead atoms. The van der Waals surface area contributed by atoms with E-state index in [0.717, 1.165) is 25.7 Å². The molecule has 2 aliphatic rings. The van der Waals surface area contributed by atoms with Crippen LogP contribution in [0, 0.1) is 5.82 Å². The summed E-state index contributed by atoms with van der Waals surface area (Å²) >= 11 is 0. The number of aliphatic hydroxyl groups excluding tert-OH is 1. The zero-order valence-electron chi connectivity index (χ0n) is 16.6. The highest BCUT2D eigenvalue weighted by Gasteiger charge is 2.37. The molecule has 3 N–H and O–H groups in total. The van der Waals surface area contributed by atoms with Crippen LogP contribution in [0.2, 0.25) is 0 Å². The number of hydrogen-bond donors (Lipinski definition) is 3. The zero-order chi connectivity index (χ0) is 21.1. The predicted molar refractivity (Wildman–Crippen MR) is 109 cm³/mol. The molecule has 2 aromatic rings. The van der Waals surface area contributed by atoms with Gasteiger partial charge in [-0.3, -0.25) is 9.48 Å². The number of amides is 3. The second-order valence-corrected chi connectivity index (χ2v) is 7.98. The van der Waals surface area contributed by atoms with E-state index in [4.69, 9.17) is 0 Å². The Hall–Kier alpha value is -2.94. The maximum absolute atomic E-state index is 13.3. The fourth-order valence-corrected chi connectivity index (χ4v) is 4.27. The molecule has 2 atom stereocenters. The molecular formula is C21H26FN5O3. The number of carbonyl (C=O) groups excluding carboxylic acids is 2. The molecule has 0 unspecified atom stereocenters. The van der Waals surface area contributed by atoms with E-state index in [1.54, 1.807) is 15.8 Å². The van der Waals surface area contributed by atoms with Crippen molar-refractivity contribution in [1.29, 1.82) is 0 Å². The molecule has 0 spiro atoms. The van der Waals surface area contributed by atoms with Crippen LogP contribution in [-0.2, 0) is 0 Å². The van der Waals surface area contributed by atoms with Crippen LogP contribution < -0.4 is 10.6 Å². The molecule has 1 saturated heterocycles. The van der Waals surface area contributed by atoms with Gasteiger partial charge < -0.3 is 20.6 Å².